The molecule has 0 aliphatic carbocycles. The Morgan fingerprint density at radius 1 is 1.89 bits per heavy atom. The zero-order valence-corrected chi connectivity index (χ0v) is 6.03. The fraction of sp³-hybridized carbons (Fsp3) is 0.400. The quantitative estimate of drug-likeness (QED) is 0.544. The van der Waals surface area contributed by atoms with Gasteiger partial charge in [-0.05, 0) is 15.8 Å². The molecule has 0 fully saturated rings. The number of carbonyl (C=O) groups is 1. The minimum atomic E-state index is -0.845. The Kier molecular flexibility index (Phi) is 1.72. The molecule has 1 aliphatic heterocycles. The van der Waals surface area contributed by atoms with E-state index < -0.39 is 5.97 Å². The third kappa shape index (κ3) is 1.22. The second-order valence-electron chi connectivity index (χ2n) is 1.88. The minimum Gasteiger partial charge on any atom is -0.477 e. The molecular weight excluding hydrogens is 137 g/mol. The molecule has 4 heteroatoms. The first-order valence-electron chi connectivity index (χ1n) is 2.67. The summed E-state index contributed by atoms with van der Waals surface area (Å²) in [5.74, 6) is -0.845. The van der Waals surface area contributed by atoms with E-state index in [0.29, 0.717) is 5.70 Å². The van der Waals surface area contributed by atoms with Crippen LogP contribution in [-0.2, 0) is 4.79 Å². The third-order valence-electron chi connectivity index (χ3n) is 1.24. The first kappa shape index (κ1) is 6.56. The number of hydrogen-bond acceptors (Lipinski definition) is 2. The predicted molar refractivity (Wildman–Crippen MR) is 36.8 cm³/mol. The maximum atomic E-state index is 10.3. The van der Waals surface area contributed by atoms with Gasteiger partial charge in [-0.15, -0.1) is 0 Å². The Labute approximate surface area is 55.6 Å². The predicted octanol–water partition coefficient (Wildman–Crippen LogP) is 0.451. The Bertz CT molecular complexity index is 166. The highest BCUT2D eigenvalue weighted by Crippen LogP contribution is 2.18. The van der Waals surface area contributed by atoms with Gasteiger partial charge in [-0.2, -0.15) is 0 Å². The van der Waals surface area contributed by atoms with Crippen LogP contribution in [0.25, 0.3) is 0 Å². The van der Waals surface area contributed by atoms with E-state index in [0.717, 1.165) is 13.0 Å². The second kappa shape index (κ2) is 2.36. The van der Waals surface area contributed by atoms with Gasteiger partial charge in [0.05, 0.1) is 0 Å². The fourth-order valence-electron chi connectivity index (χ4n) is 0.788. The van der Waals surface area contributed by atoms with Crippen LogP contribution in [-0.4, -0.2) is 22.3 Å². The monoisotopic (exact) mass is 145 g/mol. The summed E-state index contributed by atoms with van der Waals surface area (Å²) >= 11 is 0. The van der Waals surface area contributed by atoms with Gasteiger partial charge in [0.25, 0.3) is 0 Å². The third-order valence-corrected chi connectivity index (χ3v) is 1.77. The molecule has 0 saturated carbocycles. The van der Waals surface area contributed by atoms with E-state index in [4.69, 9.17) is 5.11 Å². The smallest absolute Gasteiger partial charge is 0.352 e. The van der Waals surface area contributed by atoms with Gasteiger partial charge >= 0.3 is 5.97 Å². The minimum absolute atomic E-state index is 0.389. The summed E-state index contributed by atoms with van der Waals surface area (Å²) in [4.78, 5) is 10.3. The molecule has 0 aromatic rings. The normalized spacial score (nSPS) is 17.9. The van der Waals surface area contributed by atoms with Gasteiger partial charge in [0.2, 0.25) is 0 Å². The van der Waals surface area contributed by atoms with Crippen molar-refractivity contribution in [3.63, 3.8) is 0 Å². The molecule has 1 heterocycles. The SMILES string of the molecule is O=C(O)C1=CCCN1P. The van der Waals surface area contributed by atoms with E-state index >= 15 is 0 Å². The van der Waals surface area contributed by atoms with Crippen LogP contribution in [0.2, 0.25) is 0 Å². The summed E-state index contributed by atoms with van der Waals surface area (Å²) in [5.41, 5.74) is 0.389. The summed E-state index contributed by atoms with van der Waals surface area (Å²) in [6.45, 7) is 0.798. The van der Waals surface area contributed by atoms with Crippen molar-refractivity contribution in [3.8, 4) is 0 Å². The number of nitrogens with zero attached hydrogens (tertiary/aromatic N) is 1. The van der Waals surface area contributed by atoms with Crippen molar-refractivity contribution in [2.24, 2.45) is 0 Å². The zero-order valence-electron chi connectivity index (χ0n) is 4.87. The molecule has 1 atom stereocenters. The molecule has 0 aromatic heterocycles. The van der Waals surface area contributed by atoms with E-state index in [1.807, 2.05) is 0 Å². The Balaban J connectivity index is 2.68. The summed E-state index contributed by atoms with van der Waals surface area (Å²) in [5, 5.41) is 8.46. The second-order valence-corrected chi connectivity index (χ2v) is 2.50. The van der Waals surface area contributed by atoms with Crippen molar-refractivity contribution in [1.29, 1.82) is 0 Å². The van der Waals surface area contributed by atoms with E-state index in [9.17, 15) is 4.79 Å². The molecule has 9 heavy (non-hydrogen) atoms. The Morgan fingerprint density at radius 3 is 2.78 bits per heavy atom. The molecule has 0 spiro atoms. The maximum absolute atomic E-state index is 10.3. The van der Waals surface area contributed by atoms with Crippen LogP contribution in [0.4, 0.5) is 0 Å². The number of carboxylic acids is 1. The van der Waals surface area contributed by atoms with Crippen LogP contribution in [0, 0.1) is 0 Å². The first-order chi connectivity index (χ1) is 4.22. The standard InChI is InChI=1S/C5H8NO2P/c7-5(8)4-2-1-3-6(4)9/h2H,1,3,9H2,(H,7,8). The van der Waals surface area contributed by atoms with Gasteiger partial charge in [-0.1, -0.05) is 6.08 Å². The molecule has 1 rings (SSSR count). The van der Waals surface area contributed by atoms with Crippen LogP contribution >= 0.6 is 9.39 Å². The molecule has 0 radical (unpaired) electrons. The molecule has 1 N–H and O–H groups in total. The molecular formula is C5H8NO2P. The van der Waals surface area contributed by atoms with E-state index in [1.165, 1.54) is 0 Å². The highest BCUT2D eigenvalue weighted by atomic mass is 31.0. The van der Waals surface area contributed by atoms with Gasteiger partial charge in [-0.25, -0.2) is 4.79 Å². The highest BCUT2D eigenvalue weighted by molar-refractivity contribution is 7.13. The van der Waals surface area contributed by atoms with Crippen LogP contribution in [0.5, 0.6) is 0 Å². The van der Waals surface area contributed by atoms with Gasteiger partial charge < -0.3 is 9.78 Å². The largest absolute Gasteiger partial charge is 0.477 e. The van der Waals surface area contributed by atoms with Crippen molar-refractivity contribution in [2.45, 2.75) is 6.42 Å². The lowest BCUT2D eigenvalue weighted by molar-refractivity contribution is -0.133. The molecule has 0 bridgehead atoms. The van der Waals surface area contributed by atoms with Gasteiger partial charge in [0, 0.05) is 6.54 Å². The lowest BCUT2D eigenvalue weighted by Crippen LogP contribution is -2.12. The van der Waals surface area contributed by atoms with Crippen LogP contribution in [0.15, 0.2) is 11.8 Å². The van der Waals surface area contributed by atoms with Crippen molar-refractivity contribution < 1.29 is 9.90 Å². The van der Waals surface area contributed by atoms with Crippen LogP contribution in [0.1, 0.15) is 6.42 Å². The molecule has 0 saturated heterocycles. The number of rotatable bonds is 1. The summed E-state index contributed by atoms with van der Waals surface area (Å²) in [6.07, 6.45) is 2.56. The van der Waals surface area contributed by atoms with E-state index in [-0.39, 0.29) is 0 Å². The molecule has 1 unspecified atom stereocenters. The molecule has 0 amide bonds. The first-order valence-corrected chi connectivity index (χ1v) is 3.19. The molecule has 1 aliphatic rings. The van der Waals surface area contributed by atoms with Crippen molar-refractivity contribution >= 4 is 15.4 Å². The molecule has 3 nitrogen and oxygen atoms in total. The maximum Gasteiger partial charge on any atom is 0.352 e. The molecule has 0 aromatic carbocycles. The molecule has 50 valence electrons. The van der Waals surface area contributed by atoms with Crippen molar-refractivity contribution in [3.05, 3.63) is 11.8 Å². The van der Waals surface area contributed by atoms with Crippen LogP contribution < -0.4 is 0 Å². The highest BCUT2D eigenvalue weighted by Gasteiger charge is 2.16. The topological polar surface area (TPSA) is 40.5 Å². The number of hydrogen-bond donors (Lipinski definition) is 1. The summed E-state index contributed by atoms with van der Waals surface area (Å²) < 4.78 is 1.66. The lowest BCUT2D eigenvalue weighted by Gasteiger charge is -2.10. The average molecular weight is 145 g/mol. The van der Waals surface area contributed by atoms with E-state index in [1.54, 1.807) is 10.7 Å². The Hall–Kier alpha value is -0.560. The van der Waals surface area contributed by atoms with Gasteiger partial charge in [0.1, 0.15) is 5.70 Å². The van der Waals surface area contributed by atoms with Gasteiger partial charge in [-0.3, -0.25) is 0 Å². The summed E-state index contributed by atoms with van der Waals surface area (Å²) in [6, 6.07) is 0. The fourth-order valence-corrected chi connectivity index (χ4v) is 1.15. The van der Waals surface area contributed by atoms with Crippen molar-refractivity contribution in [1.82, 2.24) is 4.67 Å². The zero-order chi connectivity index (χ0) is 6.85. The summed E-state index contributed by atoms with van der Waals surface area (Å²) in [7, 11) is 2.36. The van der Waals surface area contributed by atoms with E-state index in [2.05, 4.69) is 9.39 Å². The Morgan fingerprint density at radius 2 is 2.56 bits per heavy atom. The van der Waals surface area contributed by atoms with Gasteiger partial charge in [0.15, 0.2) is 0 Å². The van der Waals surface area contributed by atoms with Crippen LogP contribution in [0.3, 0.4) is 0 Å². The number of carboxylic acid groups (broad SMARTS) is 1. The van der Waals surface area contributed by atoms with Crippen molar-refractivity contribution in [2.75, 3.05) is 6.54 Å². The number of aliphatic carboxylic acids is 1. The average Bonchev–Trinajstić information content (AvgIpc) is 2.13. The lowest BCUT2D eigenvalue weighted by atomic mass is 10.4.